The SMILES string of the molecule is CNC(=O)C1CC(O)CN1C(=O)C(n1cc(CN2CCCC2CO)nn1)C(C)(C)C. The molecule has 30 heavy (non-hydrogen) atoms. The molecule has 1 aromatic heterocycles. The Morgan fingerprint density at radius 3 is 2.73 bits per heavy atom. The molecule has 2 aliphatic heterocycles. The highest BCUT2D eigenvalue weighted by molar-refractivity contribution is 5.90. The van der Waals surface area contributed by atoms with E-state index in [1.807, 2.05) is 20.8 Å². The van der Waals surface area contributed by atoms with Crippen molar-refractivity contribution in [2.75, 3.05) is 26.7 Å². The molecule has 2 saturated heterocycles. The molecule has 168 valence electrons. The van der Waals surface area contributed by atoms with E-state index < -0.39 is 23.6 Å². The molecule has 10 heteroatoms. The van der Waals surface area contributed by atoms with E-state index in [-0.39, 0.29) is 37.4 Å². The molecule has 3 heterocycles. The summed E-state index contributed by atoms with van der Waals surface area (Å²) in [5.41, 5.74) is 0.256. The number of nitrogens with zero attached hydrogens (tertiary/aromatic N) is 5. The third-order valence-corrected chi connectivity index (χ3v) is 6.06. The molecular formula is C20H34N6O4. The van der Waals surface area contributed by atoms with Gasteiger partial charge in [-0.05, 0) is 24.8 Å². The normalized spacial score (nSPS) is 26.2. The topological polar surface area (TPSA) is 124 Å². The predicted molar refractivity (Wildman–Crippen MR) is 109 cm³/mol. The van der Waals surface area contributed by atoms with E-state index >= 15 is 0 Å². The largest absolute Gasteiger partial charge is 0.395 e. The van der Waals surface area contributed by atoms with E-state index in [2.05, 4.69) is 20.5 Å². The van der Waals surface area contributed by atoms with E-state index in [9.17, 15) is 19.8 Å². The maximum atomic E-state index is 13.5. The zero-order chi connectivity index (χ0) is 22.1. The second kappa shape index (κ2) is 8.99. The lowest BCUT2D eigenvalue weighted by atomic mass is 9.85. The number of hydrogen-bond donors (Lipinski definition) is 3. The van der Waals surface area contributed by atoms with Crippen LogP contribution in [0.3, 0.4) is 0 Å². The monoisotopic (exact) mass is 422 g/mol. The predicted octanol–water partition coefficient (Wildman–Crippen LogP) is -0.470. The van der Waals surface area contributed by atoms with Crippen LogP contribution in [0.1, 0.15) is 51.8 Å². The van der Waals surface area contributed by atoms with Crippen LogP contribution >= 0.6 is 0 Å². The Morgan fingerprint density at radius 2 is 2.10 bits per heavy atom. The van der Waals surface area contributed by atoms with Crippen molar-refractivity contribution in [1.29, 1.82) is 0 Å². The summed E-state index contributed by atoms with van der Waals surface area (Å²) in [6, 6.07) is -1.22. The van der Waals surface area contributed by atoms with E-state index in [0.717, 1.165) is 25.1 Å². The molecule has 2 aliphatic rings. The first-order valence-electron chi connectivity index (χ1n) is 10.6. The zero-order valence-electron chi connectivity index (χ0n) is 18.3. The van der Waals surface area contributed by atoms with Crippen molar-refractivity contribution in [1.82, 2.24) is 30.1 Å². The van der Waals surface area contributed by atoms with Crippen LogP contribution in [0.5, 0.6) is 0 Å². The third kappa shape index (κ3) is 4.65. The van der Waals surface area contributed by atoms with Gasteiger partial charge in [-0.25, -0.2) is 4.68 Å². The first kappa shape index (κ1) is 22.6. The summed E-state index contributed by atoms with van der Waals surface area (Å²) in [7, 11) is 1.53. The van der Waals surface area contributed by atoms with E-state index in [1.54, 1.807) is 10.9 Å². The second-order valence-electron chi connectivity index (χ2n) is 9.42. The highest BCUT2D eigenvalue weighted by atomic mass is 16.3. The van der Waals surface area contributed by atoms with Crippen LogP contribution < -0.4 is 5.32 Å². The average molecular weight is 423 g/mol. The van der Waals surface area contributed by atoms with Gasteiger partial charge in [0.25, 0.3) is 0 Å². The number of aliphatic hydroxyl groups is 2. The molecule has 3 rings (SSSR count). The number of amides is 2. The van der Waals surface area contributed by atoms with Gasteiger partial charge in [-0.3, -0.25) is 14.5 Å². The minimum Gasteiger partial charge on any atom is -0.395 e. The number of nitrogens with one attached hydrogen (secondary N) is 1. The van der Waals surface area contributed by atoms with Crippen molar-refractivity contribution in [3.63, 3.8) is 0 Å². The lowest BCUT2D eigenvalue weighted by Gasteiger charge is -2.34. The summed E-state index contributed by atoms with van der Waals surface area (Å²) < 4.78 is 1.58. The van der Waals surface area contributed by atoms with Crippen LogP contribution in [0.2, 0.25) is 0 Å². The number of carbonyl (C=O) groups excluding carboxylic acids is 2. The highest BCUT2D eigenvalue weighted by Crippen LogP contribution is 2.34. The third-order valence-electron chi connectivity index (χ3n) is 6.06. The Kier molecular flexibility index (Phi) is 6.78. The minimum atomic E-state index is -0.728. The van der Waals surface area contributed by atoms with Crippen molar-refractivity contribution >= 4 is 11.8 Å². The van der Waals surface area contributed by atoms with Gasteiger partial charge >= 0.3 is 0 Å². The molecule has 0 radical (unpaired) electrons. The first-order chi connectivity index (χ1) is 14.2. The van der Waals surface area contributed by atoms with Gasteiger partial charge in [-0.2, -0.15) is 0 Å². The summed E-state index contributed by atoms with van der Waals surface area (Å²) in [4.78, 5) is 29.4. The van der Waals surface area contributed by atoms with Gasteiger partial charge in [-0.1, -0.05) is 26.0 Å². The van der Waals surface area contributed by atoms with Crippen molar-refractivity contribution < 1.29 is 19.8 Å². The molecule has 2 fully saturated rings. The number of likely N-dealkylation sites (tertiary alicyclic amines) is 2. The summed E-state index contributed by atoms with van der Waals surface area (Å²) in [6.07, 6.45) is 3.28. The van der Waals surface area contributed by atoms with Crippen LogP contribution in [0, 0.1) is 5.41 Å². The fourth-order valence-electron chi connectivity index (χ4n) is 4.54. The molecule has 4 unspecified atom stereocenters. The molecule has 10 nitrogen and oxygen atoms in total. The summed E-state index contributed by atoms with van der Waals surface area (Å²) in [5, 5.41) is 30.7. The van der Waals surface area contributed by atoms with Crippen LogP contribution in [0.25, 0.3) is 0 Å². The second-order valence-corrected chi connectivity index (χ2v) is 9.42. The molecule has 0 spiro atoms. The van der Waals surface area contributed by atoms with Crippen molar-refractivity contribution in [3.05, 3.63) is 11.9 Å². The van der Waals surface area contributed by atoms with Crippen LogP contribution in [-0.4, -0.2) is 91.8 Å². The Morgan fingerprint density at radius 1 is 1.37 bits per heavy atom. The number of aromatic nitrogens is 3. The standard InChI is InChI=1S/C20H34N6O4/c1-20(2,3)17(19(30)25-11-15(28)8-16(25)18(29)21-4)26-10-13(22-23-26)9-24-7-5-6-14(24)12-27/h10,14-17,27-28H,5-9,11-12H2,1-4H3,(H,21,29). The summed E-state index contributed by atoms with van der Waals surface area (Å²) in [6.45, 7) is 7.55. The quantitative estimate of drug-likeness (QED) is 0.566. The Balaban J connectivity index is 1.82. The van der Waals surface area contributed by atoms with Gasteiger partial charge in [-0.15, -0.1) is 5.10 Å². The maximum absolute atomic E-state index is 13.5. The van der Waals surface area contributed by atoms with Crippen LogP contribution in [0.15, 0.2) is 6.20 Å². The molecule has 4 atom stereocenters. The lowest BCUT2D eigenvalue weighted by molar-refractivity contribution is -0.144. The number of β-amino-alcohol motifs (C(OH)–C–C–N with tert-alkyl or cyclic N) is 1. The van der Waals surface area contributed by atoms with Gasteiger partial charge in [0.15, 0.2) is 0 Å². The highest BCUT2D eigenvalue weighted by Gasteiger charge is 2.45. The average Bonchev–Trinajstić information content (AvgIpc) is 3.40. The molecule has 3 N–H and O–H groups in total. The van der Waals surface area contributed by atoms with E-state index in [4.69, 9.17) is 0 Å². The summed E-state index contributed by atoms with van der Waals surface area (Å²) in [5.74, 6) is -0.533. The zero-order valence-corrected chi connectivity index (χ0v) is 18.3. The number of rotatable bonds is 6. The fraction of sp³-hybridized carbons (Fsp3) is 0.800. The number of likely N-dealkylation sites (N-methyl/N-ethyl adjacent to an activating group) is 1. The molecule has 0 aromatic carbocycles. The Hall–Kier alpha value is -2.04. The number of hydrogen-bond acceptors (Lipinski definition) is 7. The molecule has 0 aliphatic carbocycles. The lowest BCUT2D eigenvalue weighted by Crippen LogP contribution is -2.49. The molecule has 0 saturated carbocycles. The fourth-order valence-corrected chi connectivity index (χ4v) is 4.54. The van der Waals surface area contributed by atoms with Crippen LogP contribution in [0.4, 0.5) is 0 Å². The van der Waals surface area contributed by atoms with Crippen LogP contribution in [-0.2, 0) is 16.1 Å². The molecule has 2 amide bonds. The first-order valence-corrected chi connectivity index (χ1v) is 10.6. The number of aliphatic hydroxyl groups excluding tert-OH is 2. The van der Waals surface area contributed by atoms with Crippen molar-refractivity contribution in [2.45, 2.75) is 70.8 Å². The van der Waals surface area contributed by atoms with Gasteiger partial charge in [0.1, 0.15) is 12.1 Å². The number of carbonyl (C=O) groups is 2. The Bertz CT molecular complexity index is 761. The molecule has 1 aromatic rings. The van der Waals surface area contributed by atoms with Gasteiger partial charge in [0.05, 0.1) is 24.6 Å². The molecular weight excluding hydrogens is 388 g/mol. The van der Waals surface area contributed by atoms with Crippen molar-refractivity contribution in [3.8, 4) is 0 Å². The van der Waals surface area contributed by atoms with Gasteiger partial charge < -0.3 is 20.4 Å². The van der Waals surface area contributed by atoms with E-state index in [1.165, 1.54) is 11.9 Å². The minimum absolute atomic E-state index is 0.120. The maximum Gasteiger partial charge on any atom is 0.248 e. The van der Waals surface area contributed by atoms with Crippen molar-refractivity contribution in [2.24, 2.45) is 5.41 Å². The smallest absolute Gasteiger partial charge is 0.248 e. The van der Waals surface area contributed by atoms with Gasteiger partial charge in [0.2, 0.25) is 11.8 Å². The Labute approximate surface area is 177 Å². The summed E-state index contributed by atoms with van der Waals surface area (Å²) >= 11 is 0. The van der Waals surface area contributed by atoms with E-state index in [0.29, 0.717) is 6.54 Å². The van der Waals surface area contributed by atoms with Gasteiger partial charge in [0, 0.05) is 32.6 Å². The molecule has 0 bridgehead atoms.